The quantitative estimate of drug-likeness (QED) is 0.344. The van der Waals surface area contributed by atoms with Crippen molar-refractivity contribution in [3.8, 4) is 5.75 Å². The average Bonchev–Trinajstić information content (AvgIpc) is 3.11. The highest BCUT2D eigenvalue weighted by molar-refractivity contribution is 7.92. The van der Waals surface area contributed by atoms with Crippen LogP contribution >= 0.6 is 0 Å². The maximum absolute atomic E-state index is 13.9. The molecule has 1 N–H and O–H groups in total. The summed E-state index contributed by atoms with van der Waals surface area (Å²) in [4.78, 5) is 17.5. The van der Waals surface area contributed by atoms with Gasteiger partial charge in [-0.1, -0.05) is 6.07 Å². The van der Waals surface area contributed by atoms with Gasteiger partial charge in [0, 0.05) is 29.6 Å². The molecule has 3 heterocycles. The number of anilines is 3. The first-order valence-electron chi connectivity index (χ1n) is 11.6. The minimum Gasteiger partial charge on any atom is -0.406 e. The Bertz CT molecular complexity index is 1680. The summed E-state index contributed by atoms with van der Waals surface area (Å²) in [5.41, 5.74) is 2.99. The summed E-state index contributed by atoms with van der Waals surface area (Å²) < 4.78 is 72.1. The number of fused-ring (bicyclic) bond motifs is 2. The van der Waals surface area contributed by atoms with Gasteiger partial charge in [0.25, 0.3) is 10.0 Å². The van der Waals surface area contributed by atoms with Crippen LogP contribution in [0.2, 0.25) is 0 Å². The molecule has 0 saturated heterocycles. The monoisotopic (exact) mass is 557 g/mol. The van der Waals surface area contributed by atoms with Gasteiger partial charge in [0.2, 0.25) is 5.78 Å². The Balaban J connectivity index is 1.61. The maximum atomic E-state index is 13.9. The molecule has 13 heteroatoms. The van der Waals surface area contributed by atoms with Gasteiger partial charge in [0.1, 0.15) is 17.3 Å². The van der Waals surface area contributed by atoms with Crippen molar-refractivity contribution in [1.29, 1.82) is 0 Å². The van der Waals surface area contributed by atoms with E-state index in [1.165, 1.54) is 6.07 Å². The van der Waals surface area contributed by atoms with Gasteiger partial charge in [-0.25, -0.2) is 13.4 Å². The number of ketones is 1. The zero-order chi connectivity index (χ0) is 28.1. The van der Waals surface area contributed by atoms with Crippen molar-refractivity contribution in [2.75, 3.05) is 9.62 Å². The van der Waals surface area contributed by atoms with Gasteiger partial charge < -0.3 is 10.1 Å². The van der Waals surface area contributed by atoms with E-state index in [-0.39, 0.29) is 28.4 Å². The van der Waals surface area contributed by atoms with Crippen LogP contribution in [0.4, 0.5) is 30.4 Å². The van der Waals surface area contributed by atoms with Crippen molar-refractivity contribution in [1.82, 2.24) is 14.8 Å². The molecule has 0 bridgehead atoms. The molecule has 4 aromatic rings. The molecule has 0 atom stereocenters. The van der Waals surface area contributed by atoms with E-state index in [0.717, 1.165) is 34.3 Å². The second kappa shape index (κ2) is 9.42. The van der Waals surface area contributed by atoms with Crippen LogP contribution in [-0.2, 0) is 23.6 Å². The first-order valence-corrected chi connectivity index (χ1v) is 13.1. The predicted octanol–water partition coefficient (Wildman–Crippen LogP) is 5.01. The van der Waals surface area contributed by atoms with Crippen LogP contribution in [0.15, 0.2) is 65.6 Å². The van der Waals surface area contributed by atoms with Gasteiger partial charge in [0.05, 0.1) is 22.8 Å². The number of nitrogens with zero attached hydrogens (tertiary/aromatic N) is 4. The summed E-state index contributed by atoms with van der Waals surface area (Å²) in [6.07, 6.45) is -4.92. The highest BCUT2D eigenvalue weighted by atomic mass is 32.2. The number of carbonyl (C=O) groups excluding carboxylic acids is 1. The lowest BCUT2D eigenvalue weighted by Crippen LogP contribution is -2.30. The molecule has 0 saturated carbocycles. The Hall–Kier alpha value is -4.39. The minimum atomic E-state index is -4.92. The van der Waals surface area contributed by atoms with Crippen molar-refractivity contribution in [3.63, 3.8) is 0 Å². The number of halogens is 3. The van der Waals surface area contributed by atoms with Crippen LogP contribution in [0, 0.1) is 13.8 Å². The van der Waals surface area contributed by atoms with Crippen LogP contribution in [0.25, 0.3) is 0 Å². The van der Waals surface area contributed by atoms with E-state index in [1.807, 2.05) is 0 Å². The SMILES string of the molecule is Cc1ccc2c(n1)Nc1ccc(C(=O)c3cc(C)n(C)n3)cc1N(S(=O)(=O)c1ccc(OC(F)(F)F)cc1)C2. The Morgan fingerprint density at radius 1 is 1.03 bits per heavy atom. The highest BCUT2D eigenvalue weighted by Gasteiger charge is 2.33. The smallest absolute Gasteiger partial charge is 0.406 e. The molecule has 9 nitrogen and oxygen atoms in total. The molecule has 202 valence electrons. The third kappa shape index (κ3) is 5.17. The molecular formula is C26H22F3N5O4S. The topological polar surface area (TPSA) is 106 Å². The zero-order valence-corrected chi connectivity index (χ0v) is 21.8. The van der Waals surface area contributed by atoms with Gasteiger partial charge in [-0.15, -0.1) is 13.2 Å². The van der Waals surface area contributed by atoms with E-state index in [0.29, 0.717) is 22.8 Å². The minimum absolute atomic E-state index is 0.147. The normalized spacial score (nSPS) is 13.2. The first-order chi connectivity index (χ1) is 18.3. The Labute approximate surface area is 221 Å². The van der Waals surface area contributed by atoms with Crippen molar-refractivity contribution in [2.24, 2.45) is 7.05 Å². The number of nitrogens with one attached hydrogen (secondary N) is 1. The van der Waals surface area contributed by atoms with Gasteiger partial charge in [-0.3, -0.25) is 13.8 Å². The summed E-state index contributed by atoms with van der Waals surface area (Å²) in [6.45, 7) is 3.45. The molecule has 0 fully saturated rings. The second-order valence-corrected chi connectivity index (χ2v) is 10.8. The maximum Gasteiger partial charge on any atom is 0.573 e. The number of hydrogen-bond donors (Lipinski definition) is 1. The van der Waals surface area contributed by atoms with Gasteiger partial charge in [0.15, 0.2) is 0 Å². The first kappa shape index (κ1) is 26.2. The van der Waals surface area contributed by atoms with Gasteiger partial charge >= 0.3 is 6.36 Å². The van der Waals surface area contributed by atoms with E-state index >= 15 is 0 Å². The molecular weight excluding hydrogens is 535 g/mol. The van der Waals surface area contributed by atoms with Crippen LogP contribution in [0.1, 0.15) is 33.0 Å². The molecule has 0 radical (unpaired) electrons. The number of pyridine rings is 1. The largest absolute Gasteiger partial charge is 0.573 e. The molecule has 39 heavy (non-hydrogen) atoms. The standard InChI is InChI=1S/C26H22F3N5O4S/c1-15-4-5-18-14-34(39(36,37)20-9-7-19(8-10-20)38-26(27,28)29)23-13-17(6-11-21(23)31-25(18)30-15)24(35)22-12-16(2)33(3)32-22/h4-13H,14H2,1-3H3,(H,30,31). The van der Waals surface area contributed by atoms with E-state index in [9.17, 15) is 26.4 Å². The molecule has 1 aliphatic rings. The van der Waals surface area contributed by atoms with Crippen molar-refractivity contribution in [3.05, 3.63) is 88.9 Å². The number of ether oxygens (including phenoxy) is 1. The van der Waals surface area contributed by atoms with E-state index < -0.39 is 27.9 Å². The fourth-order valence-electron chi connectivity index (χ4n) is 4.15. The number of hydrogen-bond acceptors (Lipinski definition) is 7. The van der Waals surface area contributed by atoms with E-state index in [4.69, 9.17) is 0 Å². The lowest BCUT2D eigenvalue weighted by atomic mass is 10.1. The van der Waals surface area contributed by atoms with Crippen LogP contribution in [-0.4, -0.2) is 35.3 Å². The molecule has 0 spiro atoms. The number of sulfonamides is 1. The number of rotatable bonds is 5. The predicted molar refractivity (Wildman–Crippen MR) is 137 cm³/mol. The number of aromatic nitrogens is 3. The lowest BCUT2D eigenvalue weighted by molar-refractivity contribution is -0.274. The van der Waals surface area contributed by atoms with Crippen molar-refractivity contribution < 1.29 is 31.1 Å². The Morgan fingerprint density at radius 3 is 2.38 bits per heavy atom. The summed E-state index contributed by atoms with van der Waals surface area (Å²) in [5, 5.41) is 7.38. The highest BCUT2D eigenvalue weighted by Crippen LogP contribution is 2.39. The molecule has 5 rings (SSSR count). The molecule has 0 aliphatic carbocycles. The summed E-state index contributed by atoms with van der Waals surface area (Å²) in [6, 6.07) is 13.6. The number of alkyl halides is 3. The van der Waals surface area contributed by atoms with Gasteiger partial charge in [-0.2, -0.15) is 5.10 Å². The summed E-state index contributed by atoms with van der Waals surface area (Å²) in [5.74, 6) is -0.506. The van der Waals surface area contributed by atoms with E-state index in [1.54, 1.807) is 55.9 Å². The van der Waals surface area contributed by atoms with Crippen LogP contribution in [0.3, 0.4) is 0 Å². The van der Waals surface area contributed by atoms with Crippen LogP contribution < -0.4 is 14.4 Å². The second-order valence-electron chi connectivity index (χ2n) is 8.97. The third-order valence-electron chi connectivity index (χ3n) is 6.21. The fraction of sp³-hybridized carbons (Fsp3) is 0.192. The zero-order valence-electron chi connectivity index (χ0n) is 20.9. The summed E-state index contributed by atoms with van der Waals surface area (Å²) in [7, 11) is -2.62. The summed E-state index contributed by atoms with van der Waals surface area (Å²) >= 11 is 0. The fourth-order valence-corrected chi connectivity index (χ4v) is 5.60. The number of aryl methyl sites for hydroxylation is 3. The van der Waals surface area contributed by atoms with Crippen molar-refractivity contribution in [2.45, 2.75) is 31.7 Å². The van der Waals surface area contributed by atoms with Crippen molar-refractivity contribution >= 4 is 33.0 Å². The van der Waals surface area contributed by atoms with Gasteiger partial charge in [-0.05, 0) is 68.4 Å². The third-order valence-corrected chi connectivity index (χ3v) is 7.98. The number of carbonyl (C=O) groups is 1. The van der Waals surface area contributed by atoms with E-state index in [2.05, 4.69) is 20.1 Å². The number of benzene rings is 2. The molecule has 2 aromatic carbocycles. The molecule has 0 amide bonds. The Morgan fingerprint density at radius 2 is 1.74 bits per heavy atom. The average molecular weight is 558 g/mol. The Kier molecular flexibility index (Phi) is 6.33. The van der Waals surface area contributed by atoms with Crippen LogP contribution in [0.5, 0.6) is 5.75 Å². The molecule has 1 aliphatic heterocycles. The molecule has 0 unspecified atom stereocenters. The molecule has 2 aromatic heterocycles. The lowest BCUT2D eigenvalue weighted by Gasteiger charge is -2.25.